The van der Waals surface area contributed by atoms with Crippen LogP contribution in [-0.2, 0) is 14.9 Å². The van der Waals surface area contributed by atoms with E-state index in [0.717, 1.165) is 22.5 Å². The summed E-state index contributed by atoms with van der Waals surface area (Å²) < 4.78 is 10.4. The number of benzene rings is 2. The summed E-state index contributed by atoms with van der Waals surface area (Å²) in [5, 5.41) is 2.72. The molecule has 7 nitrogen and oxygen atoms in total. The first kappa shape index (κ1) is 23.0. The van der Waals surface area contributed by atoms with E-state index in [-0.39, 0.29) is 29.1 Å². The fourth-order valence-electron chi connectivity index (χ4n) is 4.15. The van der Waals surface area contributed by atoms with Gasteiger partial charge in [-0.05, 0) is 48.4 Å². The van der Waals surface area contributed by atoms with Gasteiger partial charge in [0, 0.05) is 35.6 Å². The number of nitrogens with one attached hydrogen (secondary N) is 1. The Morgan fingerprint density at radius 3 is 2.56 bits per heavy atom. The van der Waals surface area contributed by atoms with Crippen LogP contribution in [0.2, 0.25) is 0 Å². The molecule has 174 valence electrons. The number of ether oxygens (including phenoxy) is 1. The van der Waals surface area contributed by atoms with Crippen molar-refractivity contribution in [2.45, 2.75) is 26.2 Å². The molecule has 2 aromatic carbocycles. The van der Waals surface area contributed by atoms with Crippen LogP contribution in [0.15, 0.2) is 77.1 Å². The van der Waals surface area contributed by atoms with Crippen LogP contribution in [-0.4, -0.2) is 31.3 Å². The highest BCUT2D eigenvalue weighted by molar-refractivity contribution is 6.03. The fraction of sp³-hybridized carbons (Fsp3) is 0.222. The molecule has 0 aliphatic carbocycles. The van der Waals surface area contributed by atoms with Gasteiger partial charge in [-0.2, -0.15) is 0 Å². The van der Waals surface area contributed by atoms with Crippen molar-refractivity contribution < 1.29 is 23.5 Å². The molecule has 0 saturated carbocycles. The molecule has 1 aliphatic rings. The number of fused-ring (bicyclic) bond motifs is 1. The Labute approximate surface area is 198 Å². The van der Waals surface area contributed by atoms with Gasteiger partial charge in [-0.25, -0.2) is 4.79 Å². The molecule has 0 bridgehead atoms. The molecule has 4 rings (SSSR count). The van der Waals surface area contributed by atoms with E-state index in [2.05, 4.69) is 25.2 Å². The first-order chi connectivity index (χ1) is 16.2. The molecule has 0 fully saturated rings. The molecule has 1 amide bonds. The Balaban J connectivity index is 1.43. The number of aryl methyl sites for hydroxylation is 1. The summed E-state index contributed by atoms with van der Waals surface area (Å²) in [7, 11) is 1.92. The van der Waals surface area contributed by atoms with Crippen molar-refractivity contribution in [1.82, 2.24) is 0 Å². The van der Waals surface area contributed by atoms with Crippen molar-refractivity contribution in [3.63, 3.8) is 0 Å². The molecule has 0 unspecified atom stereocenters. The zero-order chi connectivity index (χ0) is 24.5. The molecule has 0 radical (unpaired) electrons. The maximum atomic E-state index is 12.7. The number of rotatable bonds is 6. The van der Waals surface area contributed by atoms with Gasteiger partial charge in [0.05, 0.1) is 11.8 Å². The van der Waals surface area contributed by atoms with E-state index in [0.29, 0.717) is 5.69 Å². The third-order valence-electron chi connectivity index (χ3n) is 6.05. The smallest absolute Gasteiger partial charge is 0.338 e. The second-order valence-electron chi connectivity index (χ2n) is 8.73. The quantitative estimate of drug-likeness (QED) is 0.418. The average Bonchev–Trinajstić information content (AvgIpc) is 3.42. The minimum Gasteiger partial charge on any atom is -0.459 e. The molecular formula is C27H26N2O5. The molecule has 7 heteroatoms. The van der Waals surface area contributed by atoms with Crippen LogP contribution < -0.4 is 10.2 Å². The topological polar surface area (TPSA) is 88.9 Å². The highest BCUT2D eigenvalue weighted by atomic mass is 16.5. The van der Waals surface area contributed by atoms with Gasteiger partial charge >= 0.3 is 5.97 Å². The van der Waals surface area contributed by atoms with E-state index in [4.69, 9.17) is 9.15 Å². The highest BCUT2D eigenvalue weighted by Crippen LogP contribution is 2.46. The monoisotopic (exact) mass is 458 g/mol. The summed E-state index contributed by atoms with van der Waals surface area (Å²) in [6, 6.07) is 16.0. The number of hydrogen-bond acceptors (Lipinski definition) is 6. The highest BCUT2D eigenvalue weighted by Gasteiger charge is 2.38. The summed E-state index contributed by atoms with van der Waals surface area (Å²) in [6.07, 6.45) is 2.95. The van der Waals surface area contributed by atoms with Gasteiger partial charge in [0.25, 0.3) is 5.91 Å². The minimum absolute atomic E-state index is 0.160. The van der Waals surface area contributed by atoms with Crippen molar-refractivity contribution in [3.8, 4) is 0 Å². The van der Waals surface area contributed by atoms with E-state index in [1.54, 1.807) is 31.2 Å². The molecular weight excluding hydrogens is 432 g/mol. The number of furan rings is 1. The van der Waals surface area contributed by atoms with E-state index >= 15 is 0 Å². The average molecular weight is 459 g/mol. The van der Waals surface area contributed by atoms with Crippen molar-refractivity contribution in [1.29, 1.82) is 0 Å². The first-order valence-electron chi connectivity index (χ1n) is 10.9. The Hall–Kier alpha value is -4.13. The summed E-state index contributed by atoms with van der Waals surface area (Å²) in [4.78, 5) is 39.5. The van der Waals surface area contributed by atoms with Gasteiger partial charge < -0.3 is 19.4 Å². The van der Waals surface area contributed by atoms with Crippen molar-refractivity contribution in [3.05, 3.63) is 95.1 Å². The Kier molecular flexibility index (Phi) is 6.11. The maximum Gasteiger partial charge on any atom is 0.338 e. The minimum atomic E-state index is -0.650. The SMILES string of the molecule is Cc1ccc(C(=O)OCC(=O)C=C2N(C)c3ccccc3C2(C)C)cc1NC(=O)c1ccco1. The predicted octanol–water partition coefficient (Wildman–Crippen LogP) is 4.88. The third kappa shape index (κ3) is 4.37. The number of carbonyl (C=O) groups is 3. The normalized spacial score (nSPS) is 15.2. The van der Waals surface area contributed by atoms with Crippen LogP contribution >= 0.6 is 0 Å². The van der Waals surface area contributed by atoms with Gasteiger partial charge in [0.2, 0.25) is 0 Å². The number of para-hydroxylation sites is 1. The van der Waals surface area contributed by atoms with Gasteiger partial charge in [-0.3, -0.25) is 9.59 Å². The second-order valence-corrected chi connectivity index (χ2v) is 8.73. The van der Waals surface area contributed by atoms with Crippen molar-refractivity contribution in [2.75, 3.05) is 23.9 Å². The second kappa shape index (κ2) is 9.02. The van der Waals surface area contributed by atoms with Crippen LogP contribution in [0.25, 0.3) is 0 Å². The number of allylic oxidation sites excluding steroid dienone is 1. The number of ketones is 1. The molecule has 1 N–H and O–H groups in total. The van der Waals surface area contributed by atoms with E-state index in [1.165, 1.54) is 18.4 Å². The van der Waals surface area contributed by atoms with E-state index in [1.807, 2.05) is 30.1 Å². The van der Waals surface area contributed by atoms with Crippen molar-refractivity contribution in [2.24, 2.45) is 0 Å². The lowest BCUT2D eigenvalue weighted by Crippen LogP contribution is -2.25. The summed E-state index contributed by atoms with van der Waals surface area (Å²) in [5.74, 6) is -1.23. The summed E-state index contributed by atoms with van der Waals surface area (Å²) in [6.45, 7) is 5.54. The van der Waals surface area contributed by atoms with Gasteiger partial charge in [0.15, 0.2) is 18.2 Å². The molecule has 34 heavy (non-hydrogen) atoms. The van der Waals surface area contributed by atoms with E-state index in [9.17, 15) is 14.4 Å². The third-order valence-corrected chi connectivity index (χ3v) is 6.05. The van der Waals surface area contributed by atoms with Gasteiger partial charge in [-0.15, -0.1) is 0 Å². The number of carbonyl (C=O) groups excluding carboxylic acids is 3. The molecule has 1 aliphatic heterocycles. The number of esters is 1. The summed E-state index contributed by atoms with van der Waals surface area (Å²) >= 11 is 0. The van der Waals surface area contributed by atoms with Crippen LogP contribution in [0, 0.1) is 6.92 Å². The summed E-state index contributed by atoms with van der Waals surface area (Å²) in [5.41, 5.74) is 4.13. The largest absolute Gasteiger partial charge is 0.459 e. The predicted molar refractivity (Wildman–Crippen MR) is 129 cm³/mol. The number of nitrogens with zero attached hydrogens (tertiary/aromatic N) is 1. The Bertz CT molecular complexity index is 1290. The van der Waals surface area contributed by atoms with E-state index < -0.39 is 11.9 Å². The molecule has 0 spiro atoms. The zero-order valence-electron chi connectivity index (χ0n) is 19.5. The lowest BCUT2D eigenvalue weighted by atomic mass is 9.83. The Morgan fingerprint density at radius 1 is 1.09 bits per heavy atom. The molecule has 1 aromatic heterocycles. The number of amides is 1. The zero-order valence-corrected chi connectivity index (χ0v) is 19.5. The standard InChI is InChI=1S/C27H26N2O5/c1-17-11-12-18(14-21(17)28-25(31)23-10-7-13-33-23)26(32)34-16-19(30)15-24-27(2,3)20-8-5-6-9-22(20)29(24)4/h5-15H,16H2,1-4H3,(H,28,31). The maximum absolute atomic E-state index is 12.7. The van der Waals surface area contributed by atoms with Gasteiger partial charge in [0.1, 0.15) is 0 Å². The number of likely N-dealkylation sites (N-methyl/N-ethyl adjacent to an activating group) is 1. The van der Waals surface area contributed by atoms with Crippen LogP contribution in [0.1, 0.15) is 45.9 Å². The lowest BCUT2D eigenvalue weighted by Gasteiger charge is -2.23. The number of hydrogen-bond donors (Lipinski definition) is 1. The lowest BCUT2D eigenvalue weighted by molar-refractivity contribution is -0.117. The molecule has 0 atom stereocenters. The molecule has 0 saturated heterocycles. The fourth-order valence-corrected chi connectivity index (χ4v) is 4.15. The van der Waals surface area contributed by atoms with Crippen LogP contribution in [0.4, 0.5) is 11.4 Å². The molecule has 2 heterocycles. The van der Waals surface area contributed by atoms with Crippen molar-refractivity contribution >= 4 is 29.0 Å². The molecule has 3 aromatic rings. The van der Waals surface area contributed by atoms with Crippen LogP contribution in [0.5, 0.6) is 0 Å². The Morgan fingerprint density at radius 2 is 1.85 bits per heavy atom. The van der Waals surface area contributed by atoms with Crippen LogP contribution in [0.3, 0.4) is 0 Å². The number of anilines is 2. The van der Waals surface area contributed by atoms with Gasteiger partial charge in [-0.1, -0.05) is 38.1 Å². The first-order valence-corrected chi connectivity index (χ1v) is 10.9.